The number of hydrogen-bond donors (Lipinski definition) is 1. The van der Waals surface area contributed by atoms with Gasteiger partial charge < -0.3 is 10.2 Å². The number of nitriles is 1. The Morgan fingerprint density at radius 2 is 2.19 bits per heavy atom. The first-order valence-electron chi connectivity index (χ1n) is 7.63. The number of anilines is 1. The van der Waals surface area contributed by atoms with Crippen molar-refractivity contribution in [3.8, 4) is 6.07 Å². The molecule has 0 saturated carbocycles. The van der Waals surface area contributed by atoms with Gasteiger partial charge in [-0.3, -0.25) is 0 Å². The maximum Gasteiger partial charge on any atom is 0.130 e. The number of nitrogens with zero attached hydrogens (tertiary/aromatic N) is 3. The van der Waals surface area contributed by atoms with E-state index < -0.39 is 0 Å². The summed E-state index contributed by atoms with van der Waals surface area (Å²) in [6, 6.07) is 12.8. The molecule has 0 radical (unpaired) electrons. The molecule has 4 rings (SSSR count). The third-order valence-corrected chi connectivity index (χ3v) is 4.80. The predicted octanol–water partition coefficient (Wildman–Crippen LogP) is 2.29. The zero-order valence-corrected chi connectivity index (χ0v) is 11.9. The van der Waals surface area contributed by atoms with Crippen molar-refractivity contribution >= 4 is 16.7 Å². The molecule has 106 valence electrons. The Bertz CT molecular complexity index is 718. The number of para-hydroxylation sites is 1. The van der Waals surface area contributed by atoms with Crippen molar-refractivity contribution in [2.45, 2.75) is 18.9 Å². The van der Waals surface area contributed by atoms with Gasteiger partial charge in [-0.15, -0.1) is 0 Å². The lowest BCUT2D eigenvalue weighted by atomic mass is 9.93. The van der Waals surface area contributed by atoms with Crippen LogP contribution in [-0.2, 0) is 0 Å². The molecule has 1 aromatic carbocycles. The van der Waals surface area contributed by atoms with Gasteiger partial charge in [-0.05, 0) is 37.4 Å². The van der Waals surface area contributed by atoms with Crippen molar-refractivity contribution in [1.82, 2.24) is 10.3 Å². The highest BCUT2D eigenvalue weighted by molar-refractivity contribution is 5.86. The fraction of sp³-hybridized carbons (Fsp3) is 0.412. The lowest BCUT2D eigenvalue weighted by Gasteiger charge is -2.35. The second-order valence-corrected chi connectivity index (χ2v) is 6.00. The zero-order valence-electron chi connectivity index (χ0n) is 11.9. The van der Waals surface area contributed by atoms with Crippen molar-refractivity contribution in [3.63, 3.8) is 0 Å². The summed E-state index contributed by atoms with van der Waals surface area (Å²) in [6.07, 6.45) is 2.42. The number of piperidine rings is 1. The van der Waals surface area contributed by atoms with E-state index in [0.717, 1.165) is 47.8 Å². The summed E-state index contributed by atoms with van der Waals surface area (Å²) in [5, 5.41) is 13.9. The van der Waals surface area contributed by atoms with E-state index in [2.05, 4.69) is 16.3 Å². The molecule has 4 nitrogen and oxygen atoms in total. The zero-order chi connectivity index (χ0) is 14.2. The molecule has 2 aromatic rings. The molecule has 2 saturated heterocycles. The van der Waals surface area contributed by atoms with Crippen LogP contribution in [0.2, 0.25) is 0 Å². The van der Waals surface area contributed by atoms with Gasteiger partial charge in [-0.1, -0.05) is 18.2 Å². The van der Waals surface area contributed by atoms with E-state index in [0.29, 0.717) is 6.04 Å². The standard InChI is InChI=1S/C17H18N4/c18-10-13-9-17(20-16-4-2-1-3-14(13)16)21-8-6-15-12(11-21)5-7-19-15/h1-4,9,12,15,19H,5-8,11H2. The molecule has 4 heteroatoms. The molecule has 0 amide bonds. The molecule has 0 bridgehead atoms. The summed E-state index contributed by atoms with van der Waals surface area (Å²) >= 11 is 0. The number of benzene rings is 1. The highest BCUT2D eigenvalue weighted by Gasteiger charge is 2.33. The second-order valence-electron chi connectivity index (χ2n) is 6.00. The smallest absolute Gasteiger partial charge is 0.130 e. The average Bonchev–Trinajstić information content (AvgIpc) is 3.01. The van der Waals surface area contributed by atoms with Crippen LogP contribution < -0.4 is 10.2 Å². The minimum atomic E-state index is 0.678. The molecule has 0 spiro atoms. The quantitative estimate of drug-likeness (QED) is 0.869. The summed E-state index contributed by atoms with van der Waals surface area (Å²) in [5.41, 5.74) is 1.64. The van der Waals surface area contributed by atoms with E-state index in [1.54, 1.807) is 0 Å². The summed E-state index contributed by atoms with van der Waals surface area (Å²) < 4.78 is 0. The fourth-order valence-corrected chi connectivity index (χ4v) is 3.67. The summed E-state index contributed by atoms with van der Waals surface area (Å²) in [7, 11) is 0. The minimum Gasteiger partial charge on any atom is -0.356 e. The fourth-order valence-electron chi connectivity index (χ4n) is 3.67. The first kappa shape index (κ1) is 12.6. The maximum absolute atomic E-state index is 9.40. The van der Waals surface area contributed by atoms with Crippen LogP contribution in [0.25, 0.3) is 10.9 Å². The van der Waals surface area contributed by atoms with Gasteiger partial charge in [0.25, 0.3) is 0 Å². The van der Waals surface area contributed by atoms with Gasteiger partial charge in [0, 0.05) is 24.5 Å². The first-order valence-corrected chi connectivity index (χ1v) is 7.63. The Morgan fingerprint density at radius 3 is 3.10 bits per heavy atom. The van der Waals surface area contributed by atoms with Gasteiger partial charge in [-0.25, -0.2) is 4.98 Å². The van der Waals surface area contributed by atoms with Crippen LogP contribution in [0.1, 0.15) is 18.4 Å². The second kappa shape index (κ2) is 5.01. The Labute approximate surface area is 124 Å². The van der Waals surface area contributed by atoms with Crippen LogP contribution in [0.5, 0.6) is 0 Å². The Morgan fingerprint density at radius 1 is 1.29 bits per heavy atom. The topological polar surface area (TPSA) is 52.0 Å². The highest BCUT2D eigenvalue weighted by atomic mass is 15.2. The Balaban J connectivity index is 1.72. The molecule has 1 aromatic heterocycles. The number of hydrogen-bond acceptors (Lipinski definition) is 4. The van der Waals surface area contributed by atoms with Gasteiger partial charge in [0.2, 0.25) is 0 Å². The van der Waals surface area contributed by atoms with Crippen molar-refractivity contribution < 1.29 is 0 Å². The molecule has 3 heterocycles. The van der Waals surface area contributed by atoms with E-state index >= 15 is 0 Å². The molecule has 2 aliphatic rings. The number of rotatable bonds is 1. The number of nitrogens with one attached hydrogen (secondary N) is 1. The first-order chi connectivity index (χ1) is 10.3. The molecule has 0 aliphatic carbocycles. The molecule has 2 atom stereocenters. The van der Waals surface area contributed by atoms with Crippen LogP contribution >= 0.6 is 0 Å². The molecule has 2 unspecified atom stereocenters. The molecule has 1 N–H and O–H groups in total. The van der Waals surface area contributed by atoms with Gasteiger partial charge >= 0.3 is 0 Å². The van der Waals surface area contributed by atoms with Crippen LogP contribution in [0, 0.1) is 17.2 Å². The van der Waals surface area contributed by atoms with E-state index in [-0.39, 0.29) is 0 Å². The normalized spacial score (nSPS) is 24.8. The maximum atomic E-state index is 9.40. The van der Waals surface area contributed by atoms with Crippen molar-refractivity contribution in [3.05, 3.63) is 35.9 Å². The highest BCUT2D eigenvalue weighted by Crippen LogP contribution is 2.29. The average molecular weight is 278 g/mol. The summed E-state index contributed by atoms with van der Waals surface area (Å²) in [4.78, 5) is 7.12. The number of aromatic nitrogens is 1. The molecule has 2 fully saturated rings. The number of fused-ring (bicyclic) bond motifs is 2. The van der Waals surface area contributed by atoms with E-state index in [4.69, 9.17) is 4.98 Å². The Kier molecular flexibility index (Phi) is 3.01. The molecular weight excluding hydrogens is 260 g/mol. The third kappa shape index (κ3) is 2.14. The van der Waals surface area contributed by atoms with Crippen LogP contribution in [0.4, 0.5) is 5.82 Å². The van der Waals surface area contributed by atoms with E-state index in [1.165, 1.54) is 12.8 Å². The van der Waals surface area contributed by atoms with E-state index in [1.807, 2.05) is 30.3 Å². The summed E-state index contributed by atoms with van der Waals surface area (Å²) in [5.74, 6) is 1.67. The minimum absolute atomic E-state index is 0.678. The molecular formula is C17H18N4. The van der Waals surface area contributed by atoms with Crippen molar-refractivity contribution in [2.75, 3.05) is 24.5 Å². The lowest BCUT2D eigenvalue weighted by Crippen LogP contribution is -2.44. The third-order valence-electron chi connectivity index (χ3n) is 4.80. The van der Waals surface area contributed by atoms with Crippen LogP contribution in [0.15, 0.2) is 30.3 Å². The monoisotopic (exact) mass is 278 g/mol. The van der Waals surface area contributed by atoms with Crippen LogP contribution in [-0.4, -0.2) is 30.7 Å². The largest absolute Gasteiger partial charge is 0.356 e. The van der Waals surface area contributed by atoms with Gasteiger partial charge in [0.1, 0.15) is 5.82 Å². The van der Waals surface area contributed by atoms with Gasteiger partial charge in [0.05, 0.1) is 17.1 Å². The summed E-state index contributed by atoms with van der Waals surface area (Å²) in [6.45, 7) is 3.20. The predicted molar refractivity (Wildman–Crippen MR) is 83.2 cm³/mol. The SMILES string of the molecule is N#Cc1cc(N2CCC3NCCC3C2)nc2ccccc12. The van der Waals surface area contributed by atoms with Crippen LogP contribution in [0.3, 0.4) is 0 Å². The van der Waals surface area contributed by atoms with Gasteiger partial charge in [0.15, 0.2) is 0 Å². The van der Waals surface area contributed by atoms with Gasteiger partial charge in [-0.2, -0.15) is 5.26 Å². The number of pyridine rings is 1. The van der Waals surface area contributed by atoms with Crippen molar-refractivity contribution in [1.29, 1.82) is 5.26 Å². The van der Waals surface area contributed by atoms with Crippen molar-refractivity contribution in [2.24, 2.45) is 5.92 Å². The molecule has 2 aliphatic heterocycles. The van der Waals surface area contributed by atoms with E-state index in [9.17, 15) is 5.26 Å². The lowest BCUT2D eigenvalue weighted by molar-refractivity contribution is 0.375. The Hall–Kier alpha value is -2.12. The molecule has 21 heavy (non-hydrogen) atoms.